The van der Waals surface area contributed by atoms with Crippen molar-refractivity contribution < 1.29 is 14.0 Å². The van der Waals surface area contributed by atoms with Crippen LogP contribution in [0.25, 0.3) is 0 Å². The number of amides is 3. The highest BCUT2D eigenvalue weighted by Gasteiger charge is 2.11. The van der Waals surface area contributed by atoms with E-state index < -0.39 is 6.03 Å². The van der Waals surface area contributed by atoms with Gasteiger partial charge in [-0.1, -0.05) is 6.92 Å². The van der Waals surface area contributed by atoms with Gasteiger partial charge in [-0.25, -0.2) is 14.2 Å². The van der Waals surface area contributed by atoms with Crippen LogP contribution in [-0.4, -0.2) is 23.0 Å². The maximum atomic E-state index is 12.8. The van der Waals surface area contributed by atoms with E-state index in [1.807, 2.05) is 13.8 Å². The number of rotatable bonds is 6. The van der Waals surface area contributed by atoms with Crippen LogP contribution in [0.4, 0.5) is 20.0 Å². The number of halogens is 1. The Balaban J connectivity index is 1.85. The zero-order valence-corrected chi connectivity index (χ0v) is 14.2. The van der Waals surface area contributed by atoms with Crippen molar-refractivity contribution in [2.45, 2.75) is 32.7 Å². The summed E-state index contributed by atoms with van der Waals surface area (Å²) in [5, 5.41) is 10.1. The smallest absolute Gasteiger partial charge is 0.325 e. The van der Waals surface area contributed by atoms with Gasteiger partial charge in [0.25, 0.3) is 0 Å². The number of thiazole rings is 1. The Morgan fingerprint density at radius 2 is 1.96 bits per heavy atom. The first-order valence-electron chi connectivity index (χ1n) is 7.53. The molecule has 0 fully saturated rings. The van der Waals surface area contributed by atoms with Crippen molar-refractivity contribution in [1.29, 1.82) is 0 Å². The first kappa shape index (κ1) is 17.9. The van der Waals surface area contributed by atoms with Crippen molar-refractivity contribution in [3.05, 3.63) is 41.2 Å². The number of carbonyl (C=O) groups excluding carboxylic acids is 2. The molecule has 2 rings (SSSR count). The third kappa shape index (κ3) is 5.62. The predicted octanol–water partition coefficient (Wildman–Crippen LogP) is 3.38. The third-order valence-electron chi connectivity index (χ3n) is 3.24. The maximum Gasteiger partial charge on any atom is 0.325 e. The monoisotopic (exact) mass is 350 g/mol. The molecule has 0 radical (unpaired) electrons. The SMILES string of the molecule is CCC(C)NC(=O)Cc1csc(NC(=O)Nc2ccc(F)cc2)n1. The number of nitrogens with zero attached hydrogens (tertiary/aromatic N) is 1. The molecule has 0 saturated carbocycles. The van der Waals surface area contributed by atoms with Gasteiger partial charge in [0.2, 0.25) is 5.91 Å². The molecule has 3 N–H and O–H groups in total. The number of hydrogen-bond donors (Lipinski definition) is 3. The first-order valence-corrected chi connectivity index (χ1v) is 8.41. The molecule has 1 unspecified atom stereocenters. The second kappa shape index (κ2) is 8.39. The number of aromatic nitrogens is 1. The highest BCUT2D eigenvalue weighted by molar-refractivity contribution is 7.13. The number of nitrogens with one attached hydrogen (secondary N) is 3. The Morgan fingerprint density at radius 1 is 1.25 bits per heavy atom. The van der Waals surface area contributed by atoms with Crippen molar-refractivity contribution in [2.24, 2.45) is 0 Å². The molecule has 0 saturated heterocycles. The minimum absolute atomic E-state index is 0.100. The van der Waals surface area contributed by atoms with E-state index in [-0.39, 0.29) is 24.2 Å². The molecule has 1 atom stereocenters. The van der Waals surface area contributed by atoms with E-state index in [1.54, 1.807) is 5.38 Å². The van der Waals surface area contributed by atoms with Crippen LogP contribution in [0, 0.1) is 5.82 Å². The van der Waals surface area contributed by atoms with Gasteiger partial charge in [0.05, 0.1) is 12.1 Å². The van der Waals surface area contributed by atoms with Gasteiger partial charge in [-0.15, -0.1) is 11.3 Å². The van der Waals surface area contributed by atoms with Crippen molar-refractivity contribution in [2.75, 3.05) is 10.6 Å². The summed E-state index contributed by atoms with van der Waals surface area (Å²) in [5.74, 6) is -0.474. The molecule has 3 amide bonds. The molecule has 0 aliphatic carbocycles. The molecule has 6 nitrogen and oxygen atoms in total. The normalized spacial score (nSPS) is 11.6. The molecule has 1 aromatic heterocycles. The number of urea groups is 1. The number of carbonyl (C=O) groups is 2. The van der Waals surface area contributed by atoms with Crippen LogP contribution in [0.1, 0.15) is 26.0 Å². The van der Waals surface area contributed by atoms with Crippen molar-refractivity contribution in [1.82, 2.24) is 10.3 Å². The molecule has 128 valence electrons. The summed E-state index contributed by atoms with van der Waals surface area (Å²) >= 11 is 1.23. The summed E-state index contributed by atoms with van der Waals surface area (Å²) in [6, 6.07) is 5.07. The van der Waals surface area contributed by atoms with Gasteiger partial charge < -0.3 is 10.6 Å². The van der Waals surface area contributed by atoms with E-state index in [4.69, 9.17) is 0 Å². The summed E-state index contributed by atoms with van der Waals surface area (Å²) in [6.45, 7) is 3.93. The van der Waals surface area contributed by atoms with Gasteiger partial charge in [-0.3, -0.25) is 10.1 Å². The standard InChI is InChI=1S/C16H19FN4O2S/c1-3-10(2)18-14(22)8-13-9-24-16(20-13)21-15(23)19-12-6-4-11(17)5-7-12/h4-7,9-10H,3,8H2,1-2H3,(H,18,22)(H2,19,20,21,23). The van der Waals surface area contributed by atoms with Crippen LogP contribution in [-0.2, 0) is 11.2 Å². The van der Waals surface area contributed by atoms with Crippen LogP contribution in [0.2, 0.25) is 0 Å². The molecule has 0 aliphatic heterocycles. The second-order valence-electron chi connectivity index (χ2n) is 5.28. The van der Waals surface area contributed by atoms with Crippen LogP contribution in [0.15, 0.2) is 29.6 Å². The largest absolute Gasteiger partial charge is 0.353 e. The molecule has 1 aromatic carbocycles. The summed E-state index contributed by atoms with van der Waals surface area (Å²) in [5.41, 5.74) is 1.07. The molecule has 2 aromatic rings. The average molecular weight is 350 g/mol. The average Bonchev–Trinajstić information content (AvgIpc) is 2.96. The molecule has 24 heavy (non-hydrogen) atoms. The summed E-state index contributed by atoms with van der Waals surface area (Å²) in [4.78, 5) is 27.9. The minimum Gasteiger partial charge on any atom is -0.353 e. The van der Waals surface area contributed by atoms with E-state index in [9.17, 15) is 14.0 Å². The summed E-state index contributed by atoms with van der Waals surface area (Å²) < 4.78 is 12.8. The Kier molecular flexibility index (Phi) is 6.25. The maximum absolute atomic E-state index is 12.8. The highest BCUT2D eigenvalue weighted by Crippen LogP contribution is 2.16. The lowest BCUT2D eigenvalue weighted by atomic mass is 10.2. The van der Waals surface area contributed by atoms with E-state index in [2.05, 4.69) is 20.9 Å². The quantitative estimate of drug-likeness (QED) is 0.747. The van der Waals surface area contributed by atoms with Gasteiger partial charge >= 0.3 is 6.03 Å². The molecule has 1 heterocycles. The molecular formula is C16H19FN4O2S. The Morgan fingerprint density at radius 3 is 2.62 bits per heavy atom. The molecule has 0 bridgehead atoms. The fourth-order valence-electron chi connectivity index (χ4n) is 1.83. The minimum atomic E-state index is -0.480. The molecular weight excluding hydrogens is 331 g/mol. The van der Waals surface area contributed by atoms with Crippen LogP contribution in [0.3, 0.4) is 0 Å². The zero-order chi connectivity index (χ0) is 17.5. The van der Waals surface area contributed by atoms with E-state index in [0.29, 0.717) is 16.5 Å². The number of benzene rings is 1. The lowest BCUT2D eigenvalue weighted by molar-refractivity contribution is -0.121. The zero-order valence-electron chi connectivity index (χ0n) is 13.4. The van der Waals surface area contributed by atoms with Crippen molar-refractivity contribution in [3.63, 3.8) is 0 Å². The van der Waals surface area contributed by atoms with E-state index in [0.717, 1.165) is 6.42 Å². The van der Waals surface area contributed by atoms with Gasteiger partial charge in [0.1, 0.15) is 5.82 Å². The highest BCUT2D eigenvalue weighted by atomic mass is 32.1. The second-order valence-corrected chi connectivity index (χ2v) is 6.14. The van der Waals surface area contributed by atoms with Crippen LogP contribution < -0.4 is 16.0 Å². The Hall–Kier alpha value is -2.48. The van der Waals surface area contributed by atoms with Crippen LogP contribution >= 0.6 is 11.3 Å². The third-order valence-corrected chi connectivity index (χ3v) is 4.04. The predicted molar refractivity (Wildman–Crippen MR) is 92.8 cm³/mol. The molecule has 8 heteroatoms. The number of hydrogen-bond acceptors (Lipinski definition) is 4. The Labute approximate surface area is 143 Å². The lowest BCUT2D eigenvalue weighted by Gasteiger charge is -2.10. The lowest BCUT2D eigenvalue weighted by Crippen LogP contribution is -2.33. The van der Waals surface area contributed by atoms with E-state index >= 15 is 0 Å². The molecule has 0 aliphatic rings. The Bertz CT molecular complexity index is 702. The first-order chi connectivity index (χ1) is 11.5. The van der Waals surface area contributed by atoms with E-state index in [1.165, 1.54) is 35.6 Å². The van der Waals surface area contributed by atoms with Crippen LogP contribution in [0.5, 0.6) is 0 Å². The topological polar surface area (TPSA) is 83.1 Å². The number of anilines is 2. The molecule has 0 spiro atoms. The van der Waals surface area contributed by atoms with Gasteiger partial charge in [-0.05, 0) is 37.6 Å². The van der Waals surface area contributed by atoms with Crippen molar-refractivity contribution >= 4 is 34.1 Å². The van der Waals surface area contributed by atoms with Gasteiger partial charge in [0, 0.05) is 17.1 Å². The van der Waals surface area contributed by atoms with Gasteiger partial charge in [0.15, 0.2) is 5.13 Å². The van der Waals surface area contributed by atoms with Crippen molar-refractivity contribution in [3.8, 4) is 0 Å². The van der Waals surface area contributed by atoms with Gasteiger partial charge in [-0.2, -0.15) is 0 Å². The fraction of sp³-hybridized carbons (Fsp3) is 0.312. The summed E-state index contributed by atoms with van der Waals surface area (Å²) in [6.07, 6.45) is 1.03. The fourth-order valence-corrected chi connectivity index (χ4v) is 2.54. The summed E-state index contributed by atoms with van der Waals surface area (Å²) in [7, 11) is 0.